The molecule has 0 spiro atoms. The smallest absolute Gasteiger partial charge is 0.238 e. The molecule has 1 aliphatic heterocycles. The van der Waals surface area contributed by atoms with E-state index < -0.39 is 16.1 Å². The van der Waals surface area contributed by atoms with Gasteiger partial charge in [-0.05, 0) is 43.2 Å². The van der Waals surface area contributed by atoms with Gasteiger partial charge in [0.05, 0.1) is 12.3 Å². The largest absolute Gasteiger partial charge is 0.348 e. The molecule has 1 aliphatic carbocycles. The van der Waals surface area contributed by atoms with E-state index in [1.165, 1.54) is 21.7 Å². The summed E-state index contributed by atoms with van der Waals surface area (Å²) >= 11 is 0. The number of carbonyl (C=O) groups excluding carboxylic acids is 1. The fourth-order valence-corrected chi connectivity index (χ4v) is 4.86. The van der Waals surface area contributed by atoms with Crippen LogP contribution < -0.4 is 5.32 Å². The molecule has 1 aromatic carbocycles. The Bertz CT molecular complexity index is 687. The topological polar surface area (TPSA) is 66.5 Å². The Morgan fingerprint density at radius 1 is 1.17 bits per heavy atom. The molecular formula is C17H24N2O3S. The molecule has 0 radical (unpaired) electrons. The van der Waals surface area contributed by atoms with Crippen LogP contribution in [0.15, 0.2) is 24.3 Å². The van der Waals surface area contributed by atoms with Crippen LogP contribution in [0.2, 0.25) is 0 Å². The molecular weight excluding hydrogens is 312 g/mol. The van der Waals surface area contributed by atoms with Crippen LogP contribution in [-0.4, -0.2) is 37.5 Å². The second-order valence-corrected chi connectivity index (χ2v) is 8.47. The number of aryl methyl sites for hydroxylation is 1. The lowest BCUT2D eigenvalue weighted by Gasteiger charge is -2.34. The normalized spacial score (nSPS) is 25.6. The quantitative estimate of drug-likeness (QED) is 0.918. The molecule has 6 heteroatoms. The number of rotatable bonds is 3. The molecule has 1 amide bonds. The van der Waals surface area contributed by atoms with Crippen LogP contribution in [-0.2, 0) is 21.2 Å². The second-order valence-electron chi connectivity index (χ2n) is 6.54. The molecule has 126 valence electrons. The van der Waals surface area contributed by atoms with Crippen molar-refractivity contribution in [3.05, 3.63) is 35.4 Å². The molecule has 0 aromatic heterocycles. The van der Waals surface area contributed by atoms with Gasteiger partial charge in [-0.15, -0.1) is 0 Å². The van der Waals surface area contributed by atoms with E-state index in [0.717, 1.165) is 32.1 Å². The van der Waals surface area contributed by atoms with Gasteiger partial charge in [0.2, 0.25) is 15.9 Å². The van der Waals surface area contributed by atoms with Crippen LogP contribution in [0.5, 0.6) is 0 Å². The second kappa shape index (κ2) is 6.61. The van der Waals surface area contributed by atoms with E-state index in [-0.39, 0.29) is 11.9 Å². The van der Waals surface area contributed by atoms with E-state index >= 15 is 0 Å². The molecule has 1 N–H and O–H groups in total. The minimum atomic E-state index is -3.35. The van der Waals surface area contributed by atoms with Crippen LogP contribution in [0, 0.1) is 0 Å². The van der Waals surface area contributed by atoms with Crippen LogP contribution in [0.1, 0.15) is 49.3 Å². The van der Waals surface area contributed by atoms with Gasteiger partial charge in [0.1, 0.15) is 6.04 Å². The highest BCUT2D eigenvalue weighted by molar-refractivity contribution is 7.88. The van der Waals surface area contributed by atoms with Gasteiger partial charge in [0, 0.05) is 6.54 Å². The zero-order chi connectivity index (χ0) is 16.4. The first-order valence-electron chi connectivity index (χ1n) is 8.32. The van der Waals surface area contributed by atoms with Crippen molar-refractivity contribution in [1.82, 2.24) is 9.62 Å². The zero-order valence-corrected chi connectivity index (χ0v) is 14.3. The molecule has 0 bridgehead atoms. The van der Waals surface area contributed by atoms with E-state index in [2.05, 4.69) is 17.4 Å². The van der Waals surface area contributed by atoms with Gasteiger partial charge in [-0.3, -0.25) is 4.79 Å². The monoisotopic (exact) mass is 336 g/mol. The number of piperidine rings is 1. The Kier molecular flexibility index (Phi) is 4.73. The Morgan fingerprint density at radius 2 is 1.96 bits per heavy atom. The van der Waals surface area contributed by atoms with Gasteiger partial charge in [-0.1, -0.05) is 30.7 Å². The summed E-state index contributed by atoms with van der Waals surface area (Å²) < 4.78 is 25.2. The lowest BCUT2D eigenvalue weighted by atomic mass is 9.87. The van der Waals surface area contributed by atoms with Crippen LogP contribution >= 0.6 is 0 Å². The van der Waals surface area contributed by atoms with Crippen molar-refractivity contribution in [3.63, 3.8) is 0 Å². The minimum absolute atomic E-state index is 0.00390. The molecule has 3 rings (SSSR count). The summed E-state index contributed by atoms with van der Waals surface area (Å²) in [6.07, 6.45) is 6.51. The summed E-state index contributed by atoms with van der Waals surface area (Å²) in [4.78, 5) is 12.7. The summed E-state index contributed by atoms with van der Waals surface area (Å²) in [5.41, 5.74) is 2.46. The molecule has 2 unspecified atom stereocenters. The molecule has 0 saturated carbocycles. The van der Waals surface area contributed by atoms with Crippen molar-refractivity contribution in [2.75, 3.05) is 12.8 Å². The number of sulfonamides is 1. The molecule has 1 aromatic rings. The highest BCUT2D eigenvalue weighted by Gasteiger charge is 2.35. The number of fused-ring (bicyclic) bond motifs is 1. The molecule has 5 nitrogen and oxygen atoms in total. The lowest BCUT2D eigenvalue weighted by Crippen LogP contribution is -2.52. The Morgan fingerprint density at radius 3 is 2.74 bits per heavy atom. The average Bonchev–Trinajstić information content (AvgIpc) is 2.54. The molecule has 23 heavy (non-hydrogen) atoms. The number of benzene rings is 1. The fraction of sp³-hybridized carbons (Fsp3) is 0.588. The summed E-state index contributed by atoms with van der Waals surface area (Å²) in [5, 5.41) is 3.10. The van der Waals surface area contributed by atoms with Crippen molar-refractivity contribution in [2.45, 2.75) is 50.6 Å². The molecule has 2 aliphatic rings. The first kappa shape index (κ1) is 16.5. The van der Waals surface area contributed by atoms with Crippen molar-refractivity contribution >= 4 is 15.9 Å². The molecule has 1 saturated heterocycles. The number of nitrogens with zero attached hydrogens (tertiary/aromatic N) is 1. The van der Waals surface area contributed by atoms with Crippen molar-refractivity contribution in [3.8, 4) is 0 Å². The van der Waals surface area contributed by atoms with E-state index in [1.807, 2.05) is 12.1 Å². The van der Waals surface area contributed by atoms with Gasteiger partial charge in [0.25, 0.3) is 0 Å². The predicted molar refractivity (Wildman–Crippen MR) is 89.5 cm³/mol. The van der Waals surface area contributed by atoms with Crippen molar-refractivity contribution < 1.29 is 13.2 Å². The first-order chi connectivity index (χ1) is 11.0. The minimum Gasteiger partial charge on any atom is -0.348 e. The highest BCUT2D eigenvalue weighted by atomic mass is 32.2. The van der Waals surface area contributed by atoms with E-state index in [9.17, 15) is 13.2 Å². The molecule has 1 fully saturated rings. The predicted octanol–water partition coefficient (Wildman–Crippen LogP) is 1.99. The maximum absolute atomic E-state index is 12.7. The van der Waals surface area contributed by atoms with E-state index in [0.29, 0.717) is 13.0 Å². The number of amides is 1. The molecule has 2 atom stereocenters. The van der Waals surface area contributed by atoms with Crippen molar-refractivity contribution in [1.29, 1.82) is 0 Å². The fourth-order valence-electron chi connectivity index (χ4n) is 3.74. The Balaban J connectivity index is 1.76. The number of carbonyl (C=O) groups is 1. The SMILES string of the molecule is CS(=O)(=O)N1CCCCC1C(=O)NC1CCCc2ccccc21. The van der Waals surface area contributed by atoms with Crippen molar-refractivity contribution in [2.24, 2.45) is 0 Å². The van der Waals surface area contributed by atoms with E-state index in [4.69, 9.17) is 0 Å². The van der Waals surface area contributed by atoms with Gasteiger partial charge < -0.3 is 5.32 Å². The third-order valence-electron chi connectivity index (χ3n) is 4.87. The van der Waals surface area contributed by atoms with Gasteiger partial charge >= 0.3 is 0 Å². The summed E-state index contributed by atoms with van der Waals surface area (Å²) in [6.45, 7) is 0.443. The first-order valence-corrected chi connectivity index (χ1v) is 10.2. The third-order valence-corrected chi connectivity index (χ3v) is 6.16. The lowest BCUT2D eigenvalue weighted by molar-refractivity contribution is -0.126. The standard InChI is InChI=1S/C17H24N2O3S/c1-23(21,22)19-12-5-4-11-16(19)17(20)18-15-10-6-8-13-7-2-3-9-14(13)15/h2-3,7,9,15-16H,4-6,8,10-12H2,1H3,(H,18,20). The summed E-state index contributed by atoms with van der Waals surface area (Å²) in [7, 11) is -3.35. The Labute approximate surface area is 138 Å². The number of nitrogens with one attached hydrogen (secondary N) is 1. The summed E-state index contributed by atoms with van der Waals surface area (Å²) in [5.74, 6) is -0.156. The number of hydrogen-bond donors (Lipinski definition) is 1. The highest BCUT2D eigenvalue weighted by Crippen LogP contribution is 2.30. The molecule has 1 heterocycles. The van der Waals surface area contributed by atoms with Gasteiger partial charge in [0.15, 0.2) is 0 Å². The van der Waals surface area contributed by atoms with Crippen LogP contribution in [0.25, 0.3) is 0 Å². The maximum atomic E-state index is 12.7. The van der Waals surface area contributed by atoms with Crippen LogP contribution in [0.4, 0.5) is 0 Å². The number of hydrogen-bond acceptors (Lipinski definition) is 3. The van der Waals surface area contributed by atoms with E-state index in [1.54, 1.807) is 0 Å². The maximum Gasteiger partial charge on any atom is 0.238 e. The van der Waals surface area contributed by atoms with Gasteiger partial charge in [-0.25, -0.2) is 8.42 Å². The van der Waals surface area contributed by atoms with Gasteiger partial charge in [-0.2, -0.15) is 4.31 Å². The zero-order valence-electron chi connectivity index (χ0n) is 13.5. The van der Waals surface area contributed by atoms with Crippen LogP contribution in [0.3, 0.4) is 0 Å². The summed E-state index contributed by atoms with van der Waals surface area (Å²) in [6, 6.07) is 7.62. The third kappa shape index (κ3) is 3.58. The average molecular weight is 336 g/mol. The Hall–Kier alpha value is -1.40.